The highest BCUT2D eigenvalue weighted by Gasteiger charge is 2.06. The fourth-order valence-corrected chi connectivity index (χ4v) is 2.97. The highest BCUT2D eigenvalue weighted by atomic mass is 79.9. The van der Waals surface area contributed by atoms with Crippen LogP contribution >= 0.6 is 27.7 Å². The van der Waals surface area contributed by atoms with Gasteiger partial charge in [0.15, 0.2) is 0 Å². The first-order valence-corrected chi connectivity index (χ1v) is 7.27. The second-order valence-electron chi connectivity index (χ2n) is 3.99. The van der Waals surface area contributed by atoms with Gasteiger partial charge in [-0.3, -0.25) is 0 Å². The number of nitrogens with two attached hydrogens (primary N) is 1. The van der Waals surface area contributed by atoms with Crippen LogP contribution in [0, 0.1) is 12.7 Å². The summed E-state index contributed by atoms with van der Waals surface area (Å²) in [6.07, 6.45) is 0. The van der Waals surface area contributed by atoms with E-state index in [2.05, 4.69) is 15.9 Å². The molecule has 0 aliphatic carbocycles. The molecule has 2 aromatic carbocycles. The van der Waals surface area contributed by atoms with E-state index in [-0.39, 0.29) is 5.82 Å². The summed E-state index contributed by atoms with van der Waals surface area (Å²) in [6, 6.07) is 10.9. The number of benzene rings is 2. The molecule has 0 aliphatic rings. The van der Waals surface area contributed by atoms with Crippen molar-refractivity contribution in [2.75, 3.05) is 5.73 Å². The van der Waals surface area contributed by atoms with Gasteiger partial charge >= 0.3 is 0 Å². The molecule has 0 saturated carbocycles. The molecule has 2 N–H and O–H groups in total. The van der Waals surface area contributed by atoms with E-state index in [9.17, 15) is 4.39 Å². The Morgan fingerprint density at radius 1 is 1.28 bits per heavy atom. The summed E-state index contributed by atoms with van der Waals surface area (Å²) in [5.41, 5.74) is 8.37. The molecule has 18 heavy (non-hydrogen) atoms. The van der Waals surface area contributed by atoms with Crippen LogP contribution in [0.25, 0.3) is 0 Å². The molecule has 94 valence electrons. The molecule has 0 radical (unpaired) electrons. The van der Waals surface area contributed by atoms with Gasteiger partial charge in [-0.1, -0.05) is 28.1 Å². The van der Waals surface area contributed by atoms with Crippen molar-refractivity contribution in [3.8, 4) is 0 Å². The zero-order chi connectivity index (χ0) is 13.1. The molecule has 2 aromatic rings. The lowest BCUT2D eigenvalue weighted by molar-refractivity contribution is 0.616. The SMILES string of the molecule is Cc1c(N)cccc1SCc1ccc(Br)cc1F. The lowest BCUT2D eigenvalue weighted by Gasteiger charge is -2.08. The zero-order valence-electron chi connectivity index (χ0n) is 9.91. The molecular weight excluding hydrogens is 313 g/mol. The average molecular weight is 326 g/mol. The summed E-state index contributed by atoms with van der Waals surface area (Å²) in [5, 5.41) is 0. The lowest BCUT2D eigenvalue weighted by atomic mass is 10.2. The minimum atomic E-state index is -0.182. The van der Waals surface area contributed by atoms with E-state index in [0.717, 1.165) is 20.6 Å². The van der Waals surface area contributed by atoms with Crippen LogP contribution in [0.3, 0.4) is 0 Å². The first-order valence-electron chi connectivity index (χ1n) is 5.50. The minimum Gasteiger partial charge on any atom is -0.398 e. The Kier molecular flexibility index (Phi) is 4.30. The van der Waals surface area contributed by atoms with E-state index < -0.39 is 0 Å². The summed E-state index contributed by atoms with van der Waals surface area (Å²) in [5.74, 6) is 0.419. The topological polar surface area (TPSA) is 26.0 Å². The van der Waals surface area contributed by atoms with Crippen LogP contribution in [-0.4, -0.2) is 0 Å². The number of nitrogen functional groups attached to an aromatic ring is 1. The quantitative estimate of drug-likeness (QED) is 0.649. The molecule has 1 nitrogen and oxygen atoms in total. The Bertz CT molecular complexity index is 572. The Labute approximate surface area is 119 Å². The second-order valence-corrected chi connectivity index (χ2v) is 5.93. The Morgan fingerprint density at radius 2 is 2.06 bits per heavy atom. The third kappa shape index (κ3) is 3.06. The van der Waals surface area contributed by atoms with Gasteiger partial charge in [-0.05, 0) is 42.3 Å². The minimum absolute atomic E-state index is 0.182. The van der Waals surface area contributed by atoms with Crippen LogP contribution in [0.15, 0.2) is 45.8 Å². The summed E-state index contributed by atoms with van der Waals surface area (Å²) < 4.78 is 14.4. The number of hydrogen-bond donors (Lipinski definition) is 1. The molecule has 0 aliphatic heterocycles. The number of hydrogen-bond acceptors (Lipinski definition) is 2. The summed E-state index contributed by atoms with van der Waals surface area (Å²) in [6.45, 7) is 1.98. The van der Waals surface area contributed by atoms with Gasteiger partial charge in [-0.25, -0.2) is 4.39 Å². The van der Waals surface area contributed by atoms with E-state index in [1.54, 1.807) is 17.8 Å². The van der Waals surface area contributed by atoms with Crippen molar-refractivity contribution in [3.63, 3.8) is 0 Å². The van der Waals surface area contributed by atoms with E-state index >= 15 is 0 Å². The molecule has 0 fully saturated rings. The van der Waals surface area contributed by atoms with Crippen LogP contribution in [0.1, 0.15) is 11.1 Å². The van der Waals surface area contributed by atoms with Crippen LogP contribution in [0.5, 0.6) is 0 Å². The Hall–Kier alpha value is -1.00. The Balaban J connectivity index is 2.14. The van der Waals surface area contributed by atoms with Crippen molar-refractivity contribution in [1.82, 2.24) is 0 Å². The maximum absolute atomic E-state index is 13.7. The molecule has 0 unspecified atom stereocenters. The maximum Gasteiger partial charge on any atom is 0.128 e. The fraction of sp³-hybridized carbons (Fsp3) is 0.143. The number of anilines is 1. The standard InChI is InChI=1S/C14H13BrFNS/c1-9-13(17)3-2-4-14(9)18-8-10-5-6-11(15)7-12(10)16/h2-7H,8,17H2,1H3. The van der Waals surface area contributed by atoms with Gasteiger partial charge in [0.1, 0.15) is 5.82 Å². The Morgan fingerprint density at radius 3 is 2.78 bits per heavy atom. The molecule has 0 atom stereocenters. The summed E-state index contributed by atoms with van der Waals surface area (Å²) in [4.78, 5) is 1.09. The van der Waals surface area contributed by atoms with Crippen molar-refractivity contribution in [3.05, 3.63) is 57.8 Å². The largest absolute Gasteiger partial charge is 0.398 e. The second kappa shape index (κ2) is 5.76. The molecule has 0 spiro atoms. The smallest absolute Gasteiger partial charge is 0.128 e. The van der Waals surface area contributed by atoms with Gasteiger partial charge in [-0.2, -0.15) is 0 Å². The number of rotatable bonds is 3. The molecule has 0 aromatic heterocycles. The van der Waals surface area contributed by atoms with Crippen molar-refractivity contribution in [1.29, 1.82) is 0 Å². The van der Waals surface area contributed by atoms with Crippen molar-refractivity contribution < 1.29 is 4.39 Å². The fourth-order valence-electron chi connectivity index (χ4n) is 1.58. The third-order valence-corrected chi connectivity index (χ3v) is 4.43. The monoisotopic (exact) mass is 325 g/mol. The predicted octanol–water partition coefficient (Wildman–Crippen LogP) is 4.77. The molecule has 2 rings (SSSR count). The van der Waals surface area contributed by atoms with Gasteiger partial charge < -0.3 is 5.73 Å². The van der Waals surface area contributed by atoms with Crippen LogP contribution in [-0.2, 0) is 5.75 Å². The molecule has 0 amide bonds. The van der Waals surface area contributed by atoms with Crippen molar-refractivity contribution in [2.45, 2.75) is 17.6 Å². The highest BCUT2D eigenvalue weighted by molar-refractivity contribution is 9.10. The molecule has 0 saturated heterocycles. The zero-order valence-corrected chi connectivity index (χ0v) is 12.3. The van der Waals surface area contributed by atoms with Gasteiger partial charge in [0.05, 0.1) is 0 Å². The average Bonchev–Trinajstić information content (AvgIpc) is 2.33. The summed E-state index contributed by atoms with van der Waals surface area (Å²) in [7, 11) is 0. The predicted molar refractivity (Wildman–Crippen MR) is 79.3 cm³/mol. The van der Waals surface area contributed by atoms with Crippen LogP contribution in [0.4, 0.5) is 10.1 Å². The van der Waals surface area contributed by atoms with Crippen LogP contribution < -0.4 is 5.73 Å². The number of thioether (sulfide) groups is 1. The molecule has 0 bridgehead atoms. The van der Waals surface area contributed by atoms with E-state index in [0.29, 0.717) is 11.3 Å². The van der Waals surface area contributed by atoms with Gasteiger partial charge in [-0.15, -0.1) is 11.8 Å². The normalized spacial score (nSPS) is 10.6. The molecule has 0 heterocycles. The van der Waals surface area contributed by atoms with Gasteiger partial charge in [0.25, 0.3) is 0 Å². The van der Waals surface area contributed by atoms with Gasteiger partial charge in [0, 0.05) is 20.8 Å². The van der Waals surface area contributed by atoms with Crippen molar-refractivity contribution >= 4 is 33.4 Å². The first kappa shape index (κ1) is 13.4. The lowest BCUT2D eigenvalue weighted by Crippen LogP contribution is -1.92. The summed E-state index contributed by atoms with van der Waals surface area (Å²) >= 11 is 4.85. The molecular formula is C14H13BrFNS. The van der Waals surface area contributed by atoms with Gasteiger partial charge in [0.2, 0.25) is 0 Å². The third-order valence-electron chi connectivity index (χ3n) is 2.72. The van der Waals surface area contributed by atoms with Crippen LogP contribution in [0.2, 0.25) is 0 Å². The van der Waals surface area contributed by atoms with E-state index in [1.165, 1.54) is 6.07 Å². The first-order chi connectivity index (χ1) is 8.58. The maximum atomic E-state index is 13.7. The highest BCUT2D eigenvalue weighted by Crippen LogP contribution is 2.30. The number of halogens is 2. The van der Waals surface area contributed by atoms with Crippen molar-refractivity contribution in [2.24, 2.45) is 0 Å². The molecule has 4 heteroatoms. The van der Waals surface area contributed by atoms with E-state index in [1.807, 2.05) is 31.2 Å². The van der Waals surface area contributed by atoms with E-state index in [4.69, 9.17) is 5.73 Å².